The first kappa shape index (κ1) is 19.5. The Morgan fingerprint density at radius 2 is 1.79 bits per heavy atom. The third-order valence-corrected chi connectivity index (χ3v) is 2.80. The minimum atomic E-state index is -1.19. The van der Waals surface area contributed by atoms with Gasteiger partial charge in [-0.2, -0.15) is 0 Å². The summed E-state index contributed by atoms with van der Waals surface area (Å²) in [6.45, 7) is 4.60. The van der Waals surface area contributed by atoms with Crippen LogP contribution in [0.3, 0.4) is 0 Å². The van der Waals surface area contributed by atoms with Crippen LogP contribution in [0.2, 0.25) is 0 Å². The first-order chi connectivity index (χ1) is 11.0. The van der Waals surface area contributed by atoms with E-state index in [1.165, 1.54) is 7.05 Å². The van der Waals surface area contributed by atoms with E-state index in [1.54, 1.807) is 20.8 Å². The van der Waals surface area contributed by atoms with Gasteiger partial charge in [-0.1, -0.05) is 0 Å². The molecule has 0 unspecified atom stereocenters. The number of esters is 1. The number of hydrogen-bond acceptors (Lipinski definition) is 4. The molecule has 0 aliphatic heterocycles. The number of hydrogen-bond donors (Lipinski definition) is 1. The maximum Gasteiger partial charge on any atom is 0.338 e. The van der Waals surface area contributed by atoms with E-state index < -0.39 is 35.7 Å². The van der Waals surface area contributed by atoms with Crippen LogP contribution in [0.1, 0.15) is 31.1 Å². The van der Waals surface area contributed by atoms with Crippen molar-refractivity contribution in [2.24, 2.45) is 0 Å². The van der Waals surface area contributed by atoms with Gasteiger partial charge < -0.3 is 15.0 Å². The van der Waals surface area contributed by atoms with Crippen LogP contribution in [0.4, 0.5) is 8.78 Å². The van der Waals surface area contributed by atoms with E-state index in [9.17, 15) is 23.2 Å². The van der Waals surface area contributed by atoms with Crippen molar-refractivity contribution in [3.8, 4) is 0 Å². The number of halogens is 2. The van der Waals surface area contributed by atoms with Crippen molar-refractivity contribution in [3.63, 3.8) is 0 Å². The molecular formula is C16H20F2N2O4. The lowest BCUT2D eigenvalue weighted by Gasteiger charge is -2.23. The molecule has 0 heterocycles. The molecule has 0 radical (unpaired) electrons. The topological polar surface area (TPSA) is 75.7 Å². The second kappa shape index (κ2) is 7.85. The summed E-state index contributed by atoms with van der Waals surface area (Å²) in [7, 11) is 1.38. The molecule has 0 saturated heterocycles. The van der Waals surface area contributed by atoms with Crippen molar-refractivity contribution in [3.05, 3.63) is 35.4 Å². The number of carbonyl (C=O) groups excluding carboxylic acids is 3. The summed E-state index contributed by atoms with van der Waals surface area (Å²) >= 11 is 0. The highest BCUT2D eigenvalue weighted by Crippen LogP contribution is 2.09. The summed E-state index contributed by atoms with van der Waals surface area (Å²) in [5.41, 5.74) is -0.644. The molecule has 1 N–H and O–H groups in total. The molecule has 24 heavy (non-hydrogen) atoms. The minimum absolute atomic E-state index is 0.196. The Hall–Kier alpha value is -2.51. The van der Waals surface area contributed by atoms with E-state index in [1.807, 2.05) is 0 Å². The van der Waals surface area contributed by atoms with Crippen LogP contribution in [0.25, 0.3) is 0 Å². The molecule has 0 aliphatic carbocycles. The van der Waals surface area contributed by atoms with Gasteiger partial charge >= 0.3 is 5.97 Å². The predicted octanol–water partition coefficient (Wildman–Crippen LogP) is 1.49. The van der Waals surface area contributed by atoms with Crippen molar-refractivity contribution in [2.75, 3.05) is 20.2 Å². The zero-order valence-corrected chi connectivity index (χ0v) is 14.0. The zero-order chi connectivity index (χ0) is 18.5. The van der Waals surface area contributed by atoms with Crippen LogP contribution in [-0.4, -0.2) is 48.4 Å². The van der Waals surface area contributed by atoms with Crippen LogP contribution in [0.5, 0.6) is 0 Å². The lowest BCUT2D eigenvalue weighted by Crippen LogP contribution is -2.46. The smallest absolute Gasteiger partial charge is 0.338 e. The van der Waals surface area contributed by atoms with Gasteiger partial charge in [0, 0.05) is 12.6 Å². The first-order valence-corrected chi connectivity index (χ1v) is 7.17. The van der Waals surface area contributed by atoms with Gasteiger partial charge in [0.1, 0.15) is 0 Å². The van der Waals surface area contributed by atoms with Gasteiger partial charge in [-0.3, -0.25) is 9.59 Å². The number of likely N-dealkylation sites (N-methyl/N-ethyl adjacent to an activating group) is 1. The summed E-state index contributed by atoms with van der Waals surface area (Å²) < 4.78 is 30.6. The Balaban J connectivity index is 2.51. The average molecular weight is 342 g/mol. The Kier molecular flexibility index (Phi) is 6.39. The molecule has 1 aromatic rings. The number of rotatable bonds is 5. The fourth-order valence-corrected chi connectivity index (χ4v) is 1.71. The fraction of sp³-hybridized carbons (Fsp3) is 0.438. The highest BCUT2D eigenvalue weighted by molar-refractivity contribution is 5.92. The molecule has 0 fully saturated rings. The maximum absolute atomic E-state index is 13.0. The van der Waals surface area contributed by atoms with Gasteiger partial charge in [0.05, 0.1) is 12.1 Å². The van der Waals surface area contributed by atoms with Crippen LogP contribution in [0.15, 0.2) is 18.2 Å². The lowest BCUT2D eigenvalue weighted by atomic mass is 10.1. The van der Waals surface area contributed by atoms with E-state index in [2.05, 4.69) is 5.32 Å². The first-order valence-electron chi connectivity index (χ1n) is 7.17. The van der Waals surface area contributed by atoms with Crippen LogP contribution in [-0.2, 0) is 14.3 Å². The Labute approximate surface area is 138 Å². The van der Waals surface area contributed by atoms with Gasteiger partial charge in [0.15, 0.2) is 18.2 Å². The highest BCUT2D eigenvalue weighted by Gasteiger charge is 2.19. The highest BCUT2D eigenvalue weighted by atomic mass is 19.2. The number of amides is 2. The minimum Gasteiger partial charge on any atom is -0.452 e. The standard InChI is InChI=1S/C16H20F2N2O4/c1-16(2,3)19-13(21)8-20(4)14(22)9-24-15(23)10-5-6-11(17)12(18)7-10/h5-7H,8-9H2,1-4H3,(H,19,21). The zero-order valence-electron chi connectivity index (χ0n) is 14.0. The molecule has 8 heteroatoms. The van der Waals surface area contributed by atoms with E-state index in [4.69, 9.17) is 4.74 Å². The van der Waals surface area contributed by atoms with Gasteiger partial charge in [-0.25, -0.2) is 13.6 Å². The maximum atomic E-state index is 13.0. The average Bonchev–Trinajstić information content (AvgIpc) is 2.45. The summed E-state index contributed by atoms with van der Waals surface area (Å²) in [6, 6.07) is 2.52. The second-order valence-corrected chi connectivity index (χ2v) is 6.25. The molecule has 0 atom stereocenters. The van der Waals surface area contributed by atoms with Gasteiger partial charge in [0.2, 0.25) is 5.91 Å². The van der Waals surface area contributed by atoms with Gasteiger partial charge in [0.25, 0.3) is 5.91 Å². The second-order valence-electron chi connectivity index (χ2n) is 6.25. The number of benzene rings is 1. The number of nitrogens with zero attached hydrogens (tertiary/aromatic N) is 1. The van der Waals surface area contributed by atoms with Crippen molar-refractivity contribution >= 4 is 17.8 Å². The third-order valence-electron chi connectivity index (χ3n) is 2.80. The summed E-state index contributed by atoms with van der Waals surface area (Å²) in [5.74, 6) is -4.20. The SMILES string of the molecule is CN(CC(=O)NC(C)(C)C)C(=O)COC(=O)c1ccc(F)c(F)c1. The molecule has 132 valence electrons. The molecule has 1 rings (SSSR count). The van der Waals surface area contributed by atoms with Crippen LogP contribution < -0.4 is 5.32 Å². The monoisotopic (exact) mass is 342 g/mol. The number of nitrogens with one attached hydrogen (secondary N) is 1. The molecule has 0 spiro atoms. The summed E-state index contributed by atoms with van der Waals surface area (Å²) in [5, 5.41) is 2.69. The lowest BCUT2D eigenvalue weighted by molar-refractivity contribution is -0.137. The number of ether oxygens (including phenoxy) is 1. The van der Waals surface area contributed by atoms with E-state index in [0.29, 0.717) is 6.07 Å². The van der Waals surface area contributed by atoms with E-state index in [0.717, 1.165) is 17.0 Å². The van der Waals surface area contributed by atoms with Gasteiger partial charge in [-0.05, 0) is 39.0 Å². The molecule has 0 bridgehead atoms. The number of carbonyl (C=O) groups is 3. The molecule has 6 nitrogen and oxygen atoms in total. The Bertz CT molecular complexity index is 641. The Morgan fingerprint density at radius 3 is 2.33 bits per heavy atom. The van der Waals surface area contributed by atoms with E-state index >= 15 is 0 Å². The summed E-state index contributed by atoms with van der Waals surface area (Å²) in [6.07, 6.45) is 0. The van der Waals surface area contributed by atoms with E-state index in [-0.39, 0.29) is 18.0 Å². The quantitative estimate of drug-likeness (QED) is 0.823. The third kappa shape index (κ3) is 6.31. The van der Waals surface area contributed by atoms with Crippen LogP contribution >= 0.6 is 0 Å². The normalized spacial score (nSPS) is 10.9. The predicted molar refractivity (Wildman–Crippen MR) is 82.2 cm³/mol. The summed E-state index contributed by atoms with van der Waals surface area (Å²) in [4.78, 5) is 36.3. The largest absolute Gasteiger partial charge is 0.452 e. The van der Waals surface area contributed by atoms with Crippen molar-refractivity contribution in [1.29, 1.82) is 0 Å². The molecule has 0 aromatic heterocycles. The fourth-order valence-electron chi connectivity index (χ4n) is 1.71. The molecule has 2 amide bonds. The van der Waals surface area contributed by atoms with Gasteiger partial charge in [-0.15, -0.1) is 0 Å². The molecule has 1 aromatic carbocycles. The Morgan fingerprint density at radius 1 is 1.17 bits per heavy atom. The van der Waals surface area contributed by atoms with Crippen molar-refractivity contribution in [2.45, 2.75) is 26.3 Å². The van der Waals surface area contributed by atoms with Crippen LogP contribution in [0, 0.1) is 11.6 Å². The molecule has 0 aliphatic rings. The molecular weight excluding hydrogens is 322 g/mol. The van der Waals surface area contributed by atoms with Crippen molar-refractivity contribution < 1.29 is 27.9 Å². The van der Waals surface area contributed by atoms with Crippen molar-refractivity contribution in [1.82, 2.24) is 10.2 Å². The molecule has 0 saturated carbocycles.